The summed E-state index contributed by atoms with van der Waals surface area (Å²) in [4.78, 5) is -0.127. The molecule has 0 amide bonds. The largest absolute Gasteiger partial charge is 0.495 e. The van der Waals surface area contributed by atoms with Crippen LogP contribution in [0.1, 0.15) is 13.8 Å². The Balaban J connectivity index is 1.97. The Labute approximate surface area is 183 Å². The number of hydrogen-bond donors (Lipinski definition) is 1. The summed E-state index contributed by atoms with van der Waals surface area (Å²) in [5.41, 5.74) is 0.619. The van der Waals surface area contributed by atoms with E-state index in [1.807, 2.05) is 13.8 Å². The molecule has 0 unspecified atom stereocenters. The van der Waals surface area contributed by atoms with Crippen LogP contribution in [0.5, 0.6) is 17.2 Å². The van der Waals surface area contributed by atoms with Gasteiger partial charge in [-0.2, -0.15) is 0 Å². The molecule has 30 heavy (non-hydrogen) atoms. The van der Waals surface area contributed by atoms with E-state index < -0.39 is 10.0 Å². The van der Waals surface area contributed by atoms with Crippen molar-refractivity contribution in [3.63, 3.8) is 0 Å². The number of nitrogens with zero attached hydrogens (tertiary/aromatic N) is 2. The van der Waals surface area contributed by atoms with Gasteiger partial charge in [-0.15, -0.1) is 10.2 Å². The summed E-state index contributed by atoms with van der Waals surface area (Å²) in [6, 6.07) is 9.84. The molecule has 0 radical (unpaired) electrons. The van der Waals surface area contributed by atoms with Crippen molar-refractivity contribution in [2.45, 2.75) is 24.8 Å². The number of anilines is 1. The summed E-state index contributed by atoms with van der Waals surface area (Å²) in [5.74, 6) is 0.870. The topological polar surface area (TPSA) is 99.6 Å². The molecule has 0 spiro atoms. The average molecular weight is 470 g/mol. The fourth-order valence-electron chi connectivity index (χ4n) is 2.65. The second-order valence-electron chi connectivity index (χ2n) is 6.32. The van der Waals surface area contributed by atoms with Crippen molar-refractivity contribution in [2.24, 2.45) is 0 Å². The van der Waals surface area contributed by atoms with Crippen LogP contribution in [0.4, 0.5) is 5.13 Å². The van der Waals surface area contributed by atoms with E-state index in [9.17, 15) is 8.42 Å². The van der Waals surface area contributed by atoms with Crippen molar-refractivity contribution in [2.75, 3.05) is 18.9 Å². The molecule has 8 nitrogen and oxygen atoms in total. The van der Waals surface area contributed by atoms with Crippen molar-refractivity contribution in [1.29, 1.82) is 0 Å². The molecule has 2 aromatic carbocycles. The fraction of sp³-hybridized carbons (Fsp3) is 0.263. The average Bonchev–Trinajstić information content (AvgIpc) is 3.15. The first kappa shape index (κ1) is 22.1. The Morgan fingerprint density at radius 3 is 2.30 bits per heavy atom. The highest BCUT2D eigenvalue weighted by Crippen LogP contribution is 2.38. The summed E-state index contributed by atoms with van der Waals surface area (Å²) in [7, 11) is -1.29. The van der Waals surface area contributed by atoms with Crippen LogP contribution in [0.25, 0.3) is 10.6 Å². The predicted octanol–water partition coefficient (Wildman–Crippen LogP) is 4.46. The Bertz CT molecular complexity index is 1130. The number of aromatic nitrogens is 2. The van der Waals surface area contributed by atoms with Gasteiger partial charge in [0.2, 0.25) is 5.13 Å². The quantitative estimate of drug-likeness (QED) is 0.519. The van der Waals surface area contributed by atoms with Crippen molar-refractivity contribution >= 4 is 38.1 Å². The molecule has 0 fully saturated rings. The van der Waals surface area contributed by atoms with Crippen LogP contribution in [-0.4, -0.2) is 38.9 Å². The summed E-state index contributed by atoms with van der Waals surface area (Å²) in [5, 5.41) is 9.09. The van der Waals surface area contributed by atoms with E-state index in [0.29, 0.717) is 21.3 Å². The van der Waals surface area contributed by atoms with Crippen LogP contribution >= 0.6 is 22.9 Å². The lowest BCUT2D eigenvalue weighted by Crippen LogP contribution is -2.15. The van der Waals surface area contributed by atoms with Gasteiger partial charge in [0.25, 0.3) is 10.0 Å². The van der Waals surface area contributed by atoms with Crippen molar-refractivity contribution in [1.82, 2.24) is 10.2 Å². The van der Waals surface area contributed by atoms with Crippen LogP contribution in [0.3, 0.4) is 0 Å². The lowest BCUT2D eigenvalue weighted by atomic mass is 10.2. The highest BCUT2D eigenvalue weighted by Gasteiger charge is 2.26. The second kappa shape index (κ2) is 9.07. The number of hydrogen-bond acceptors (Lipinski definition) is 8. The lowest BCUT2D eigenvalue weighted by Gasteiger charge is -2.13. The number of rotatable bonds is 8. The maximum absolute atomic E-state index is 13.0. The zero-order valence-corrected chi connectivity index (χ0v) is 19.1. The molecular weight excluding hydrogens is 450 g/mol. The van der Waals surface area contributed by atoms with Gasteiger partial charge in [-0.3, -0.25) is 4.72 Å². The molecule has 0 saturated carbocycles. The number of halogens is 1. The van der Waals surface area contributed by atoms with Crippen molar-refractivity contribution < 1.29 is 22.6 Å². The first-order valence-electron chi connectivity index (χ1n) is 8.79. The third-order valence-electron chi connectivity index (χ3n) is 3.83. The first-order valence-corrected chi connectivity index (χ1v) is 11.5. The minimum atomic E-state index is -4.05. The molecule has 0 saturated heterocycles. The van der Waals surface area contributed by atoms with Gasteiger partial charge in [-0.05, 0) is 44.2 Å². The van der Waals surface area contributed by atoms with Gasteiger partial charge in [-0.25, -0.2) is 8.42 Å². The van der Waals surface area contributed by atoms with E-state index >= 15 is 0 Å². The molecule has 0 aliphatic carbocycles. The molecule has 0 atom stereocenters. The zero-order chi connectivity index (χ0) is 21.9. The number of ether oxygens (including phenoxy) is 3. The molecule has 11 heteroatoms. The summed E-state index contributed by atoms with van der Waals surface area (Å²) >= 11 is 7.18. The van der Waals surface area contributed by atoms with Crippen LogP contribution in [0, 0.1) is 0 Å². The highest BCUT2D eigenvalue weighted by molar-refractivity contribution is 7.93. The summed E-state index contributed by atoms with van der Waals surface area (Å²) in [6.45, 7) is 3.80. The van der Waals surface area contributed by atoms with Crippen molar-refractivity contribution in [3.8, 4) is 27.8 Å². The van der Waals surface area contributed by atoms with E-state index in [0.717, 1.165) is 11.3 Å². The smallest absolute Gasteiger partial charge is 0.271 e. The van der Waals surface area contributed by atoms with Crippen LogP contribution in [-0.2, 0) is 10.0 Å². The fourth-order valence-corrected chi connectivity index (χ4v) is 5.14. The number of sulfonamides is 1. The lowest BCUT2D eigenvalue weighted by molar-refractivity contribution is 0.243. The predicted molar refractivity (Wildman–Crippen MR) is 116 cm³/mol. The maximum Gasteiger partial charge on any atom is 0.271 e. The minimum absolute atomic E-state index is 0.0613. The van der Waals surface area contributed by atoms with Crippen LogP contribution in [0.15, 0.2) is 41.3 Å². The first-order chi connectivity index (χ1) is 14.2. The van der Waals surface area contributed by atoms with E-state index in [2.05, 4.69) is 14.9 Å². The molecule has 0 aliphatic heterocycles. The van der Waals surface area contributed by atoms with Crippen molar-refractivity contribution in [3.05, 3.63) is 41.4 Å². The number of nitrogens with one attached hydrogen (secondary N) is 1. The third kappa shape index (κ3) is 4.77. The number of methoxy groups -OCH3 is 2. The van der Waals surface area contributed by atoms with Gasteiger partial charge in [0.15, 0.2) is 9.90 Å². The SMILES string of the molecule is COc1cccc(OC)c1S(=O)(=O)Nc1nnc(-c2cc(Cl)ccc2OC(C)C)s1. The van der Waals surface area contributed by atoms with Crippen LogP contribution < -0.4 is 18.9 Å². The molecule has 1 heterocycles. The Morgan fingerprint density at radius 1 is 1.03 bits per heavy atom. The Kier molecular flexibility index (Phi) is 6.69. The zero-order valence-electron chi connectivity index (χ0n) is 16.7. The van der Waals surface area contributed by atoms with Gasteiger partial charge in [0.05, 0.1) is 25.9 Å². The van der Waals surface area contributed by atoms with E-state index in [1.165, 1.54) is 26.4 Å². The second-order valence-corrected chi connectivity index (χ2v) is 9.35. The van der Waals surface area contributed by atoms with E-state index in [1.54, 1.807) is 24.3 Å². The van der Waals surface area contributed by atoms with Crippen LogP contribution in [0.2, 0.25) is 5.02 Å². The normalized spacial score (nSPS) is 11.4. The van der Waals surface area contributed by atoms with Gasteiger partial charge in [0, 0.05) is 5.02 Å². The Hall–Kier alpha value is -2.56. The monoisotopic (exact) mass is 469 g/mol. The molecule has 0 aliphatic rings. The molecule has 1 aromatic heterocycles. The molecular formula is C19H20ClN3O5S2. The molecule has 1 N–H and O–H groups in total. The number of benzene rings is 2. The highest BCUT2D eigenvalue weighted by atomic mass is 35.5. The summed E-state index contributed by atoms with van der Waals surface area (Å²) < 4.78 is 44.6. The molecule has 0 bridgehead atoms. The van der Waals surface area contributed by atoms with Gasteiger partial charge >= 0.3 is 0 Å². The molecule has 3 rings (SSSR count). The maximum atomic E-state index is 13.0. The third-order valence-corrected chi connectivity index (χ3v) is 6.47. The summed E-state index contributed by atoms with van der Waals surface area (Å²) in [6.07, 6.45) is -0.0613. The molecule has 160 valence electrons. The van der Waals surface area contributed by atoms with E-state index in [-0.39, 0.29) is 27.6 Å². The Morgan fingerprint density at radius 2 is 1.70 bits per heavy atom. The molecule has 3 aromatic rings. The van der Waals surface area contributed by atoms with Gasteiger partial charge in [0.1, 0.15) is 17.2 Å². The van der Waals surface area contributed by atoms with Gasteiger partial charge in [-0.1, -0.05) is 29.0 Å². The minimum Gasteiger partial charge on any atom is -0.495 e. The van der Waals surface area contributed by atoms with Gasteiger partial charge < -0.3 is 14.2 Å². The standard InChI is InChI=1S/C19H20ClN3O5S2/c1-11(2)28-14-9-8-12(20)10-13(14)18-21-22-19(29-18)23-30(24,25)17-15(26-3)6-5-7-16(17)27-4/h5-11H,1-4H3,(H,22,23). The van der Waals surface area contributed by atoms with E-state index in [4.69, 9.17) is 25.8 Å².